The van der Waals surface area contributed by atoms with E-state index in [0.717, 1.165) is 11.4 Å². The van der Waals surface area contributed by atoms with Gasteiger partial charge in [0.2, 0.25) is 5.91 Å². The minimum absolute atomic E-state index is 0.135. The predicted molar refractivity (Wildman–Crippen MR) is 91.9 cm³/mol. The number of hydrogen-bond donors (Lipinski definition) is 0. The lowest BCUT2D eigenvalue weighted by Gasteiger charge is -2.17. The zero-order valence-electron chi connectivity index (χ0n) is 12.8. The van der Waals surface area contributed by atoms with Crippen LogP contribution in [-0.2, 0) is 10.5 Å². The fourth-order valence-electron chi connectivity index (χ4n) is 2.30. The number of aryl methyl sites for hydroxylation is 2. The highest BCUT2D eigenvalue weighted by molar-refractivity contribution is 7.99. The van der Waals surface area contributed by atoms with Crippen molar-refractivity contribution < 1.29 is 4.79 Å². The molecule has 0 radical (unpaired) electrons. The van der Waals surface area contributed by atoms with Gasteiger partial charge in [0.05, 0.1) is 5.75 Å². The quantitative estimate of drug-likeness (QED) is 0.824. The maximum absolute atomic E-state index is 12.2. The summed E-state index contributed by atoms with van der Waals surface area (Å²) >= 11 is 1.66. The van der Waals surface area contributed by atoms with Gasteiger partial charge in [-0.1, -0.05) is 47.5 Å². The van der Waals surface area contributed by atoms with E-state index in [0.29, 0.717) is 5.75 Å². The zero-order chi connectivity index (χ0) is 15.2. The molecule has 0 aliphatic heterocycles. The monoisotopic (exact) mass is 299 g/mol. The van der Waals surface area contributed by atoms with E-state index in [2.05, 4.69) is 32.0 Å². The van der Waals surface area contributed by atoms with Crippen LogP contribution in [0.5, 0.6) is 0 Å². The Balaban J connectivity index is 1.87. The highest BCUT2D eigenvalue weighted by Gasteiger charge is 2.10. The van der Waals surface area contributed by atoms with E-state index >= 15 is 0 Å². The fourth-order valence-corrected chi connectivity index (χ4v) is 3.17. The Morgan fingerprint density at radius 1 is 1.05 bits per heavy atom. The highest BCUT2D eigenvalue weighted by atomic mass is 32.2. The number of rotatable bonds is 5. The third kappa shape index (κ3) is 4.64. The van der Waals surface area contributed by atoms with Crippen molar-refractivity contribution in [2.45, 2.75) is 19.6 Å². The van der Waals surface area contributed by atoms with E-state index in [9.17, 15) is 4.79 Å². The molecule has 0 aromatic heterocycles. The number of para-hydroxylation sites is 1. The van der Waals surface area contributed by atoms with Gasteiger partial charge >= 0.3 is 0 Å². The molecule has 21 heavy (non-hydrogen) atoms. The number of amides is 1. The van der Waals surface area contributed by atoms with Crippen molar-refractivity contribution in [3.8, 4) is 0 Å². The Labute approximate surface area is 131 Å². The van der Waals surface area contributed by atoms with Gasteiger partial charge in [-0.25, -0.2) is 0 Å². The van der Waals surface area contributed by atoms with Crippen LogP contribution in [-0.4, -0.2) is 18.7 Å². The largest absolute Gasteiger partial charge is 0.315 e. The summed E-state index contributed by atoms with van der Waals surface area (Å²) in [5.74, 6) is 1.51. The van der Waals surface area contributed by atoms with Crippen molar-refractivity contribution in [1.29, 1.82) is 0 Å². The van der Waals surface area contributed by atoms with Gasteiger partial charge in [-0.15, -0.1) is 11.8 Å². The third-order valence-electron chi connectivity index (χ3n) is 3.29. The van der Waals surface area contributed by atoms with Crippen LogP contribution in [0.25, 0.3) is 0 Å². The SMILES string of the molecule is Cc1cc(C)cc(CSCC(=O)N(C)c2ccccc2)c1. The molecule has 0 aliphatic rings. The molecule has 2 rings (SSSR count). The number of hydrogen-bond acceptors (Lipinski definition) is 2. The summed E-state index contributed by atoms with van der Waals surface area (Å²) in [7, 11) is 1.83. The summed E-state index contributed by atoms with van der Waals surface area (Å²) in [6.07, 6.45) is 0. The molecule has 0 saturated heterocycles. The van der Waals surface area contributed by atoms with Gasteiger partial charge in [-0.3, -0.25) is 4.79 Å². The number of carbonyl (C=O) groups excluding carboxylic acids is 1. The van der Waals surface area contributed by atoms with Gasteiger partial charge in [-0.2, -0.15) is 0 Å². The van der Waals surface area contributed by atoms with E-state index in [-0.39, 0.29) is 5.91 Å². The smallest absolute Gasteiger partial charge is 0.236 e. The minimum atomic E-state index is 0.135. The fraction of sp³-hybridized carbons (Fsp3) is 0.278. The summed E-state index contributed by atoms with van der Waals surface area (Å²) in [5, 5.41) is 0. The van der Waals surface area contributed by atoms with Gasteiger partial charge in [-0.05, 0) is 31.5 Å². The molecule has 3 heteroatoms. The Kier molecular flexibility index (Phi) is 5.45. The molecule has 2 nitrogen and oxygen atoms in total. The molecule has 0 atom stereocenters. The summed E-state index contributed by atoms with van der Waals surface area (Å²) in [6.45, 7) is 4.21. The lowest BCUT2D eigenvalue weighted by Crippen LogP contribution is -2.27. The average Bonchev–Trinajstić information content (AvgIpc) is 2.46. The van der Waals surface area contributed by atoms with Crippen LogP contribution in [0.15, 0.2) is 48.5 Å². The van der Waals surface area contributed by atoms with Crippen LogP contribution in [0.2, 0.25) is 0 Å². The van der Waals surface area contributed by atoms with Gasteiger partial charge in [0.15, 0.2) is 0 Å². The summed E-state index contributed by atoms with van der Waals surface area (Å²) in [5.41, 5.74) is 4.78. The van der Waals surface area contributed by atoms with E-state index in [4.69, 9.17) is 0 Å². The second kappa shape index (κ2) is 7.32. The van der Waals surface area contributed by atoms with Crippen molar-refractivity contribution in [2.75, 3.05) is 17.7 Å². The molecule has 110 valence electrons. The van der Waals surface area contributed by atoms with Crippen LogP contribution in [0, 0.1) is 13.8 Å². The average molecular weight is 299 g/mol. The molecule has 0 N–H and O–H groups in total. The number of anilines is 1. The van der Waals surface area contributed by atoms with Crippen molar-refractivity contribution in [3.05, 3.63) is 65.2 Å². The topological polar surface area (TPSA) is 20.3 Å². The van der Waals surface area contributed by atoms with Crippen molar-refractivity contribution in [3.63, 3.8) is 0 Å². The molecule has 0 heterocycles. The van der Waals surface area contributed by atoms with E-state index < -0.39 is 0 Å². The number of carbonyl (C=O) groups is 1. The summed E-state index contributed by atoms with van der Waals surface area (Å²) in [4.78, 5) is 13.9. The molecule has 0 saturated carbocycles. The first-order valence-corrected chi connectivity index (χ1v) is 8.18. The Morgan fingerprint density at radius 3 is 2.29 bits per heavy atom. The zero-order valence-corrected chi connectivity index (χ0v) is 13.6. The molecule has 0 aliphatic carbocycles. The highest BCUT2D eigenvalue weighted by Crippen LogP contribution is 2.18. The normalized spacial score (nSPS) is 10.4. The summed E-state index contributed by atoms with van der Waals surface area (Å²) in [6, 6.07) is 16.3. The van der Waals surface area contributed by atoms with Crippen molar-refractivity contribution >= 4 is 23.4 Å². The van der Waals surface area contributed by atoms with Gasteiger partial charge in [0.1, 0.15) is 0 Å². The van der Waals surface area contributed by atoms with Crippen LogP contribution in [0.3, 0.4) is 0 Å². The van der Waals surface area contributed by atoms with Crippen LogP contribution in [0.1, 0.15) is 16.7 Å². The van der Waals surface area contributed by atoms with E-state index in [1.165, 1.54) is 16.7 Å². The lowest BCUT2D eigenvalue weighted by atomic mass is 10.1. The Morgan fingerprint density at radius 2 is 1.67 bits per heavy atom. The first kappa shape index (κ1) is 15.6. The molecule has 1 amide bonds. The Bertz CT molecular complexity index is 590. The van der Waals surface area contributed by atoms with Crippen molar-refractivity contribution in [2.24, 2.45) is 0 Å². The number of thioether (sulfide) groups is 1. The molecule has 0 fully saturated rings. The number of nitrogens with zero attached hydrogens (tertiary/aromatic N) is 1. The van der Waals surface area contributed by atoms with Crippen LogP contribution < -0.4 is 4.90 Å². The summed E-state index contributed by atoms with van der Waals surface area (Å²) < 4.78 is 0. The molecule has 0 spiro atoms. The van der Waals surface area contributed by atoms with Gasteiger partial charge < -0.3 is 4.90 Å². The standard InChI is InChI=1S/C18H21NOS/c1-14-9-15(2)11-16(10-14)12-21-13-18(20)19(3)17-7-5-4-6-8-17/h4-11H,12-13H2,1-3H3. The lowest BCUT2D eigenvalue weighted by molar-refractivity contribution is -0.115. The first-order valence-electron chi connectivity index (χ1n) is 7.03. The molecule has 0 bridgehead atoms. The third-order valence-corrected chi connectivity index (χ3v) is 4.28. The van der Waals surface area contributed by atoms with Gasteiger partial charge in [0.25, 0.3) is 0 Å². The second-order valence-corrected chi connectivity index (χ2v) is 6.26. The molecular weight excluding hydrogens is 278 g/mol. The van der Waals surface area contributed by atoms with Crippen LogP contribution >= 0.6 is 11.8 Å². The predicted octanol–water partition coefficient (Wildman–Crippen LogP) is 4.20. The first-order chi connectivity index (χ1) is 10.1. The molecular formula is C18H21NOS. The molecule has 0 unspecified atom stereocenters. The molecule has 2 aromatic carbocycles. The maximum atomic E-state index is 12.2. The Hall–Kier alpha value is -1.74. The van der Waals surface area contributed by atoms with E-state index in [1.807, 2.05) is 37.4 Å². The maximum Gasteiger partial charge on any atom is 0.236 e. The van der Waals surface area contributed by atoms with E-state index in [1.54, 1.807) is 16.7 Å². The minimum Gasteiger partial charge on any atom is -0.315 e. The van der Waals surface area contributed by atoms with Gasteiger partial charge in [0, 0.05) is 18.5 Å². The molecule has 2 aromatic rings. The second-order valence-electron chi connectivity index (χ2n) is 5.28. The van der Waals surface area contributed by atoms with Crippen molar-refractivity contribution in [1.82, 2.24) is 0 Å². The number of benzene rings is 2. The van der Waals surface area contributed by atoms with Crippen LogP contribution in [0.4, 0.5) is 5.69 Å².